The second kappa shape index (κ2) is 5.14. The molecule has 1 unspecified atom stereocenters. The number of carboxylic acid groups (broad SMARTS) is 1. The van der Waals surface area contributed by atoms with Crippen LogP contribution in [0.25, 0.3) is 0 Å². The van der Waals surface area contributed by atoms with Gasteiger partial charge in [-0.3, -0.25) is 0 Å². The number of amides is 2. The largest absolute Gasteiger partial charge is 0.478 e. The molecular weight excluding hydrogens is 303 g/mol. The van der Waals surface area contributed by atoms with E-state index in [0.717, 1.165) is 6.42 Å². The highest BCUT2D eigenvalue weighted by Gasteiger charge is 2.46. The van der Waals surface area contributed by atoms with Gasteiger partial charge in [0.15, 0.2) is 0 Å². The first-order valence-corrected chi connectivity index (χ1v) is 6.76. The van der Waals surface area contributed by atoms with Crippen LogP contribution in [0, 0.1) is 5.41 Å². The maximum Gasteiger partial charge on any atom is 0.335 e. The minimum Gasteiger partial charge on any atom is -0.478 e. The zero-order valence-corrected chi connectivity index (χ0v) is 12.5. The molecule has 0 heterocycles. The normalized spacial score (nSPS) is 19.3. The number of benzene rings is 1. The maximum atomic E-state index is 11.8. The third-order valence-electron chi connectivity index (χ3n) is 3.35. The minimum absolute atomic E-state index is 0.0331. The number of hydrogen-bond donors (Lipinski definition) is 3. The molecule has 20 heavy (non-hydrogen) atoms. The quantitative estimate of drug-likeness (QED) is 0.797. The van der Waals surface area contributed by atoms with Crippen molar-refractivity contribution in [1.82, 2.24) is 5.32 Å². The van der Waals surface area contributed by atoms with Gasteiger partial charge >= 0.3 is 12.0 Å². The maximum absolute atomic E-state index is 11.8. The van der Waals surface area contributed by atoms with Crippen LogP contribution < -0.4 is 10.6 Å². The molecular formula is C13H14Cl2N2O3. The topological polar surface area (TPSA) is 78.4 Å². The Labute approximate surface area is 126 Å². The van der Waals surface area contributed by atoms with E-state index in [0.29, 0.717) is 0 Å². The zero-order chi connectivity index (χ0) is 15.1. The summed E-state index contributed by atoms with van der Waals surface area (Å²) in [6.45, 7) is 4.11. The molecule has 1 fully saturated rings. The predicted octanol–water partition coefficient (Wildman–Crippen LogP) is 3.61. The van der Waals surface area contributed by atoms with Gasteiger partial charge in [-0.25, -0.2) is 9.59 Å². The van der Waals surface area contributed by atoms with Crippen LogP contribution in [0.3, 0.4) is 0 Å². The SMILES string of the molecule is CC1(C)CC1NC(=O)Nc1c(Cl)cc(C(=O)O)cc1Cl. The van der Waals surface area contributed by atoms with Gasteiger partial charge in [0.2, 0.25) is 0 Å². The third-order valence-corrected chi connectivity index (χ3v) is 3.94. The molecule has 1 aliphatic rings. The summed E-state index contributed by atoms with van der Waals surface area (Å²) >= 11 is 11.9. The van der Waals surface area contributed by atoms with E-state index in [1.54, 1.807) is 0 Å². The van der Waals surface area contributed by atoms with Crippen LogP contribution in [-0.2, 0) is 0 Å². The first-order valence-electron chi connectivity index (χ1n) is 6.00. The lowest BCUT2D eigenvalue weighted by molar-refractivity contribution is 0.0697. The number of carbonyl (C=O) groups excluding carboxylic acids is 1. The van der Waals surface area contributed by atoms with E-state index in [4.69, 9.17) is 28.3 Å². The minimum atomic E-state index is -1.13. The Balaban J connectivity index is 2.09. The number of anilines is 1. The average molecular weight is 317 g/mol. The Morgan fingerprint density at radius 2 is 1.80 bits per heavy atom. The standard InChI is InChI=1S/C13H14Cl2N2O3/c1-13(2)5-9(13)16-12(20)17-10-7(14)3-6(11(18)19)4-8(10)15/h3-4,9H,5H2,1-2H3,(H,18,19)(H2,16,17,20). The van der Waals surface area contributed by atoms with Crippen molar-refractivity contribution in [2.75, 3.05) is 5.32 Å². The zero-order valence-electron chi connectivity index (χ0n) is 11.0. The summed E-state index contributed by atoms with van der Waals surface area (Å²) in [5.41, 5.74) is 0.279. The summed E-state index contributed by atoms with van der Waals surface area (Å²) < 4.78 is 0. The summed E-state index contributed by atoms with van der Waals surface area (Å²) in [4.78, 5) is 22.7. The van der Waals surface area contributed by atoms with Crippen LogP contribution in [0.5, 0.6) is 0 Å². The van der Waals surface area contributed by atoms with E-state index in [-0.39, 0.29) is 32.8 Å². The van der Waals surface area contributed by atoms with Crippen LogP contribution >= 0.6 is 23.2 Å². The molecule has 2 rings (SSSR count). The molecule has 0 saturated heterocycles. The Morgan fingerprint density at radius 3 is 2.20 bits per heavy atom. The number of urea groups is 1. The van der Waals surface area contributed by atoms with Gasteiger partial charge in [0, 0.05) is 6.04 Å². The van der Waals surface area contributed by atoms with Crippen molar-refractivity contribution in [1.29, 1.82) is 0 Å². The summed E-state index contributed by atoms with van der Waals surface area (Å²) in [5, 5.41) is 14.4. The lowest BCUT2D eigenvalue weighted by atomic mass is 10.2. The van der Waals surface area contributed by atoms with Crippen molar-refractivity contribution in [3.8, 4) is 0 Å². The Kier molecular flexibility index (Phi) is 3.84. The molecule has 0 bridgehead atoms. The van der Waals surface area contributed by atoms with E-state index in [2.05, 4.69) is 24.5 Å². The lowest BCUT2D eigenvalue weighted by Gasteiger charge is -2.12. The molecule has 1 atom stereocenters. The predicted molar refractivity (Wildman–Crippen MR) is 77.8 cm³/mol. The molecule has 1 saturated carbocycles. The molecule has 2 amide bonds. The summed E-state index contributed by atoms with van der Waals surface area (Å²) in [6.07, 6.45) is 0.917. The highest BCUT2D eigenvalue weighted by atomic mass is 35.5. The van der Waals surface area contributed by atoms with Crippen molar-refractivity contribution in [3.63, 3.8) is 0 Å². The second-order valence-corrected chi connectivity index (χ2v) is 6.28. The lowest BCUT2D eigenvalue weighted by Crippen LogP contribution is -2.32. The molecule has 1 aromatic carbocycles. The van der Waals surface area contributed by atoms with Crippen LogP contribution in [-0.4, -0.2) is 23.1 Å². The van der Waals surface area contributed by atoms with Gasteiger partial charge in [0.05, 0.1) is 21.3 Å². The molecule has 5 nitrogen and oxygen atoms in total. The van der Waals surface area contributed by atoms with Gasteiger partial charge in [-0.1, -0.05) is 37.0 Å². The second-order valence-electron chi connectivity index (χ2n) is 5.46. The van der Waals surface area contributed by atoms with E-state index >= 15 is 0 Å². The van der Waals surface area contributed by atoms with Crippen molar-refractivity contribution in [2.24, 2.45) is 5.41 Å². The van der Waals surface area contributed by atoms with Crippen molar-refractivity contribution in [2.45, 2.75) is 26.3 Å². The molecule has 0 spiro atoms. The fourth-order valence-corrected chi connectivity index (χ4v) is 2.42. The Bertz CT molecular complexity index is 564. The molecule has 3 N–H and O–H groups in total. The van der Waals surface area contributed by atoms with Gasteiger partial charge < -0.3 is 15.7 Å². The molecule has 0 radical (unpaired) electrons. The number of nitrogens with one attached hydrogen (secondary N) is 2. The first-order chi connectivity index (χ1) is 9.20. The number of carboxylic acids is 1. The van der Waals surface area contributed by atoms with Crippen LogP contribution in [0.4, 0.5) is 10.5 Å². The molecule has 0 aliphatic heterocycles. The van der Waals surface area contributed by atoms with E-state index < -0.39 is 12.0 Å². The summed E-state index contributed by atoms with van der Waals surface area (Å²) in [6, 6.07) is 2.20. The fourth-order valence-electron chi connectivity index (χ4n) is 1.84. The highest BCUT2D eigenvalue weighted by Crippen LogP contribution is 2.44. The van der Waals surface area contributed by atoms with Gasteiger partial charge in [-0.05, 0) is 24.0 Å². The Morgan fingerprint density at radius 1 is 1.30 bits per heavy atom. The molecule has 0 aromatic heterocycles. The fraction of sp³-hybridized carbons (Fsp3) is 0.385. The third kappa shape index (κ3) is 3.16. The number of rotatable bonds is 3. The summed E-state index contributed by atoms with van der Waals surface area (Å²) in [7, 11) is 0. The van der Waals surface area contributed by atoms with Gasteiger partial charge in [-0.2, -0.15) is 0 Å². The van der Waals surface area contributed by atoms with E-state index in [9.17, 15) is 9.59 Å². The van der Waals surface area contributed by atoms with Crippen LogP contribution in [0.15, 0.2) is 12.1 Å². The number of halogens is 2. The van der Waals surface area contributed by atoms with Crippen molar-refractivity contribution >= 4 is 40.9 Å². The van der Waals surface area contributed by atoms with Crippen molar-refractivity contribution in [3.05, 3.63) is 27.7 Å². The van der Waals surface area contributed by atoms with Gasteiger partial charge in [-0.15, -0.1) is 0 Å². The number of carbonyl (C=O) groups is 2. The monoisotopic (exact) mass is 316 g/mol. The van der Waals surface area contributed by atoms with Gasteiger partial charge in [0.25, 0.3) is 0 Å². The van der Waals surface area contributed by atoms with Gasteiger partial charge in [0.1, 0.15) is 0 Å². The van der Waals surface area contributed by atoms with E-state index in [1.807, 2.05) is 0 Å². The van der Waals surface area contributed by atoms with Crippen LogP contribution in [0.1, 0.15) is 30.6 Å². The Hall–Kier alpha value is -1.46. The average Bonchev–Trinajstić information content (AvgIpc) is 2.90. The molecule has 1 aromatic rings. The number of hydrogen-bond acceptors (Lipinski definition) is 2. The molecule has 1 aliphatic carbocycles. The van der Waals surface area contributed by atoms with E-state index in [1.165, 1.54) is 12.1 Å². The molecule has 7 heteroatoms. The smallest absolute Gasteiger partial charge is 0.335 e. The number of aromatic carboxylic acids is 1. The highest BCUT2D eigenvalue weighted by molar-refractivity contribution is 6.40. The first kappa shape index (κ1) is 14.9. The summed E-state index contributed by atoms with van der Waals surface area (Å²) in [5.74, 6) is -1.13. The van der Waals surface area contributed by atoms with Crippen molar-refractivity contribution < 1.29 is 14.7 Å². The molecule has 108 valence electrons. The van der Waals surface area contributed by atoms with Crippen LogP contribution in [0.2, 0.25) is 10.0 Å².